The molecule has 0 spiro atoms. The quantitative estimate of drug-likeness (QED) is 0.514. The molecule has 1 aliphatic carbocycles. The maximum absolute atomic E-state index is 10.1. The number of halogens is 2. The van der Waals surface area contributed by atoms with Crippen LogP contribution in [0.15, 0.2) is 0 Å². The fourth-order valence-corrected chi connectivity index (χ4v) is 2.19. The van der Waals surface area contributed by atoms with Crippen LogP contribution in [0.5, 0.6) is 0 Å². The Morgan fingerprint density at radius 3 is 2.11 bits per heavy atom. The predicted octanol–water partition coefficient (Wildman–Crippen LogP) is 0.792. The average Bonchev–Trinajstić information content (AvgIpc) is 2.10. The molecule has 1 rings (SSSR count). The molecule has 2 nitrogen and oxygen atoms in total. The standard InChI is InChI=1S/C4H6Cl2O2S/c5-4(6)1-3(4)2-9(7)8/h3,9H,1-2H2. The van der Waals surface area contributed by atoms with Crippen molar-refractivity contribution in [3.63, 3.8) is 0 Å². The fourth-order valence-electron chi connectivity index (χ4n) is 0.648. The molecule has 1 atom stereocenters. The third-order valence-corrected chi connectivity index (χ3v) is 2.99. The van der Waals surface area contributed by atoms with Crippen LogP contribution in [0.3, 0.4) is 0 Å². The first-order chi connectivity index (χ1) is 4.02. The molecule has 0 radical (unpaired) electrons. The van der Waals surface area contributed by atoms with E-state index in [9.17, 15) is 8.42 Å². The zero-order valence-electron chi connectivity index (χ0n) is 4.51. The molecule has 0 aromatic carbocycles. The third-order valence-electron chi connectivity index (χ3n) is 1.33. The van der Waals surface area contributed by atoms with Gasteiger partial charge in [0.15, 0.2) is 0 Å². The second kappa shape index (κ2) is 2.29. The zero-order valence-corrected chi connectivity index (χ0v) is 6.92. The molecule has 0 aromatic rings. The van der Waals surface area contributed by atoms with E-state index in [1.54, 1.807) is 0 Å². The van der Waals surface area contributed by atoms with Crippen molar-refractivity contribution in [2.24, 2.45) is 5.92 Å². The number of thiol groups is 1. The molecular formula is C4H6Cl2O2S. The Kier molecular flexibility index (Phi) is 1.94. The van der Waals surface area contributed by atoms with Crippen molar-refractivity contribution in [1.82, 2.24) is 0 Å². The molecule has 1 saturated carbocycles. The molecule has 0 saturated heterocycles. The molecule has 1 unspecified atom stereocenters. The minimum Gasteiger partial charge on any atom is -0.232 e. The highest BCUT2D eigenvalue weighted by atomic mass is 35.5. The largest absolute Gasteiger partial charge is 0.232 e. The van der Waals surface area contributed by atoms with Crippen LogP contribution in [-0.4, -0.2) is 18.5 Å². The second-order valence-corrected chi connectivity index (χ2v) is 4.75. The number of hydrogen-bond donors (Lipinski definition) is 1. The summed E-state index contributed by atoms with van der Waals surface area (Å²) in [4.78, 5) is 0. The summed E-state index contributed by atoms with van der Waals surface area (Å²) in [7, 11) is -2.30. The highest BCUT2D eigenvalue weighted by Crippen LogP contribution is 2.52. The summed E-state index contributed by atoms with van der Waals surface area (Å²) in [6.45, 7) is 0. The van der Waals surface area contributed by atoms with Gasteiger partial charge in [-0.25, -0.2) is 8.42 Å². The molecule has 1 aliphatic rings. The third kappa shape index (κ3) is 1.99. The van der Waals surface area contributed by atoms with Crippen molar-refractivity contribution in [1.29, 1.82) is 0 Å². The van der Waals surface area contributed by atoms with E-state index < -0.39 is 15.0 Å². The molecule has 0 amide bonds. The van der Waals surface area contributed by atoms with Gasteiger partial charge in [0.2, 0.25) is 0 Å². The first kappa shape index (κ1) is 7.63. The maximum Gasteiger partial charge on any atom is 0.140 e. The van der Waals surface area contributed by atoms with Crippen LogP contribution in [0.1, 0.15) is 6.42 Å². The van der Waals surface area contributed by atoms with Crippen LogP contribution in [0.2, 0.25) is 0 Å². The Balaban J connectivity index is 2.36. The number of rotatable bonds is 2. The van der Waals surface area contributed by atoms with Gasteiger partial charge < -0.3 is 0 Å². The lowest BCUT2D eigenvalue weighted by Crippen LogP contribution is -1.97. The molecule has 0 N–H and O–H groups in total. The van der Waals surface area contributed by atoms with Crippen LogP contribution < -0.4 is 0 Å². The van der Waals surface area contributed by atoms with Crippen molar-refractivity contribution in [3.8, 4) is 0 Å². The molecule has 1 fully saturated rings. The van der Waals surface area contributed by atoms with E-state index in [4.69, 9.17) is 23.2 Å². The molecule has 54 valence electrons. The van der Waals surface area contributed by atoms with Gasteiger partial charge in [-0.2, -0.15) is 0 Å². The Hall–Kier alpha value is 0.530. The number of hydrogen-bond acceptors (Lipinski definition) is 2. The van der Waals surface area contributed by atoms with Gasteiger partial charge in [-0.3, -0.25) is 0 Å². The van der Waals surface area contributed by atoms with Gasteiger partial charge in [-0.1, -0.05) is 0 Å². The summed E-state index contributed by atoms with van der Waals surface area (Å²) in [5.41, 5.74) is 0. The monoisotopic (exact) mass is 188 g/mol. The summed E-state index contributed by atoms with van der Waals surface area (Å²) >= 11 is 11.1. The van der Waals surface area contributed by atoms with Crippen molar-refractivity contribution in [2.45, 2.75) is 10.8 Å². The predicted molar refractivity (Wildman–Crippen MR) is 37.7 cm³/mol. The van der Waals surface area contributed by atoms with Gasteiger partial charge in [0.1, 0.15) is 15.0 Å². The SMILES string of the molecule is O=[SH](=O)CC1CC1(Cl)Cl. The average molecular weight is 189 g/mol. The van der Waals surface area contributed by atoms with E-state index in [1.807, 2.05) is 0 Å². The van der Waals surface area contributed by atoms with E-state index in [1.165, 1.54) is 0 Å². The van der Waals surface area contributed by atoms with Crippen molar-refractivity contribution in [3.05, 3.63) is 0 Å². The molecule has 0 aliphatic heterocycles. The van der Waals surface area contributed by atoms with Gasteiger partial charge in [-0.05, 0) is 6.42 Å². The fraction of sp³-hybridized carbons (Fsp3) is 1.00. The van der Waals surface area contributed by atoms with Crippen LogP contribution in [0.25, 0.3) is 0 Å². The van der Waals surface area contributed by atoms with Crippen LogP contribution >= 0.6 is 23.2 Å². The molecule has 9 heavy (non-hydrogen) atoms. The van der Waals surface area contributed by atoms with E-state index >= 15 is 0 Å². The van der Waals surface area contributed by atoms with Gasteiger partial charge >= 0.3 is 0 Å². The Labute approximate surface area is 65.1 Å². The minimum atomic E-state index is -2.30. The molecular weight excluding hydrogens is 183 g/mol. The first-order valence-electron chi connectivity index (χ1n) is 2.52. The van der Waals surface area contributed by atoms with Crippen molar-refractivity contribution in [2.75, 3.05) is 5.75 Å². The topological polar surface area (TPSA) is 34.1 Å². The lowest BCUT2D eigenvalue weighted by Gasteiger charge is -1.90. The van der Waals surface area contributed by atoms with Crippen molar-refractivity contribution >= 4 is 33.9 Å². The lowest BCUT2D eigenvalue weighted by molar-refractivity contribution is 0.611. The van der Waals surface area contributed by atoms with Gasteiger partial charge in [0.25, 0.3) is 0 Å². The highest BCUT2D eigenvalue weighted by molar-refractivity contribution is 7.72. The van der Waals surface area contributed by atoms with Crippen molar-refractivity contribution < 1.29 is 8.42 Å². The molecule has 0 aromatic heterocycles. The Morgan fingerprint density at radius 1 is 1.56 bits per heavy atom. The van der Waals surface area contributed by atoms with E-state index in [-0.39, 0.29) is 11.7 Å². The van der Waals surface area contributed by atoms with Crippen LogP contribution in [0, 0.1) is 5.92 Å². The normalized spacial score (nSPS) is 30.8. The summed E-state index contributed by atoms with van der Waals surface area (Å²) in [5.74, 6) is 0.101. The van der Waals surface area contributed by atoms with E-state index in [0.29, 0.717) is 6.42 Å². The summed E-state index contributed by atoms with van der Waals surface area (Å²) in [5, 5.41) is 0. The Bertz CT molecular complexity index is 179. The summed E-state index contributed by atoms with van der Waals surface area (Å²) in [6, 6.07) is 0. The summed E-state index contributed by atoms with van der Waals surface area (Å²) < 4.78 is 19.4. The maximum atomic E-state index is 10.1. The molecule has 0 bridgehead atoms. The van der Waals surface area contributed by atoms with Gasteiger partial charge in [0, 0.05) is 5.92 Å². The van der Waals surface area contributed by atoms with Crippen LogP contribution in [-0.2, 0) is 10.7 Å². The number of alkyl halides is 2. The first-order valence-corrected chi connectivity index (χ1v) is 4.64. The smallest absolute Gasteiger partial charge is 0.140 e. The molecule has 0 heterocycles. The zero-order chi connectivity index (χ0) is 7.07. The van der Waals surface area contributed by atoms with Gasteiger partial charge in [0.05, 0.1) is 5.75 Å². The minimum absolute atomic E-state index is 0.0260. The van der Waals surface area contributed by atoms with Gasteiger partial charge in [-0.15, -0.1) is 23.2 Å². The Morgan fingerprint density at radius 2 is 2.00 bits per heavy atom. The van der Waals surface area contributed by atoms with E-state index in [2.05, 4.69) is 0 Å². The van der Waals surface area contributed by atoms with Crippen LogP contribution in [0.4, 0.5) is 0 Å². The lowest BCUT2D eigenvalue weighted by atomic mass is 10.5. The second-order valence-electron chi connectivity index (χ2n) is 2.18. The van der Waals surface area contributed by atoms with E-state index in [0.717, 1.165) is 0 Å². The summed E-state index contributed by atoms with van der Waals surface area (Å²) in [6.07, 6.45) is 0.611. The molecule has 5 heteroatoms. The highest BCUT2D eigenvalue weighted by Gasteiger charge is 2.51.